The van der Waals surface area contributed by atoms with E-state index in [1.807, 2.05) is 0 Å². The van der Waals surface area contributed by atoms with Gasteiger partial charge in [0.2, 0.25) is 11.8 Å². The number of hydrogen-bond donors (Lipinski definition) is 1. The molecule has 2 aromatic carbocycles. The number of carbonyl (C=O) groups is 1. The molecule has 0 spiro atoms. The average molecular weight is 377 g/mol. The summed E-state index contributed by atoms with van der Waals surface area (Å²) in [6.07, 6.45) is 0. The highest BCUT2D eigenvalue weighted by atomic mass is 32.2. The largest absolute Gasteiger partial charge is 0.497 e. The number of methoxy groups -OCH3 is 1. The molecule has 3 rings (SSSR count). The second-order valence-corrected chi connectivity index (χ2v) is 5.99. The number of halogens is 2. The molecule has 3 aromatic rings. The predicted octanol–water partition coefficient (Wildman–Crippen LogP) is 3.75. The Balaban J connectivity index is 1.56. The average Bonchev–Trinajstić information content (AvgIpc) is 3.12. The lowest BCUT2D eigenvalue weighted by atomic mass is 10.2. The van der Waals surface area contributed by atoms with Gasteiger partial charge in [-0.2, -0.15) is 0 Å². The van der Waals surface area contributed by atoms with Crippen LogP contribution in [0, 0.1) is 11.6 Å². The highest BCUT2D eigenvalue weighted by Gasteiger charge is 2.12. The Morgan fingerprint density at radius 1 is 1.15 bits per heavy atom. The van der Waals surface area contributed by atoms with E-state index in [1.165, 1.54) is 6.07 Å². The van der Waals surface area contributed by atoms with Crippen molar-refractivity contribution in [2.75, 3.05) is 18.2 Å². The van der Waals surface area contributed by atoms with E-state index in [2.05, 4.69) is 15.5 Å². The van der Waals surface area contributed by atoms with Crippen molar-refractivity contribution in [3.63, 3.8) is 0 Å². The maximum atomic E-state index is 13.1. The van der Waals surface area contributed by atoms with Crippen LogP contribution >= 0.6 is 11.8 Å². The Kier molecular flexibility index (Phi) is 5.47. The molecule has 0 saturated carbocycles. The minimum atomic E-state index is -1.03. The van der Waals surface area contributed by atoms with Gasteiger partial charge in [-0.1, -0.05) is 11.8 Å². The lowest BCUT2D eigenvalue weighted by Crippen LogP contribution is -2.14. The molecular formula is C17H13F2N3O3S. The standard InChI is InChI=1S/C17H13F2N3O3S/c1-24-12-5-2-10(3-6-12)16-21-22-17(25-16)26-9-15(23)20-11-4-7-13(18)14(19)8-11/h2-8H,9H2,1H3,(H,20,23). The van der Waals surface area contributed by atoms with E-state index >= 15 is 0 Å². The van der Waals surface area contributed by atoms with Gasteiger partial charge in [-0.15, -0.1) is 10.2 Å². The number of nitrogens with one attached hydrogen (secondary N) is 1. The number of hydrogen-bond acceptors (Lipinski definition) is 6. The molecule has 0 fully saturated rings. The fraction of sp³-hybridized carbons (Fsp3) is 0.118. The number of thioether (sulfide) groups is 1. The first-order valence-corrected chi connectivity index (χ1v) is 8.39. The molecule has 134 valence electrons. The van der Waals surface area contributed by atoms with Crippen molar-refractivity contribution in [2.24, 2.45) is 0 Å². The normalized spacial score (nSPS) is 10.6. The minimum absolute atomic E-state index is 0.0246. The molecule has 0 bridgehead atoms. The van der Waals surface area contributed by atoms with Gasteiger partial charge in [-0.25, -0.2) is 8.78 Å². The predicted molar refractivity (Wildman–Crippen MR) is 92.0 cm³/mol. The van der Waals surface area contributed by atoms with Crippen LogP contribution in [0.25, 0.3) is 11.5 Å². The second kappa shape index (κ2) is 7.96. The van der Waals surface area contributed by atoms with Crippen molar-refractivity contribution >= 4 is 23.4 Å². The van der Waals surface area contributed by atoms with E-state index in [-0.39, 0.29) is 16.7 Å². The molecule has 9 heteroatoms. The van der Waals surface area contributed by atoms with Crippen molar-refractivity contribution in [3.05, 3.63) is 54.1 Å². The van der Waals surface area contributed by atoms with Crippen molar-refractivity contribution in [3.8, 4) is 17.2 Å². The van der Waals surface area contributed by atoms with Gasteiger partial charge in [0, 0.05) is 17.3 Å². The molecule has 0 radical (unpaired) electrons. The number of anilines is 1. The maximum Gasteiger partial charge on any atom is 0.277 e. The fourth-order valence-electron chi connectivity index (χ4n) is 2.02. The molecule has 1 aromatic heterocycles. The third-order valence-corrected chi connectivity index (χ3v) is 4.09. The van der Waals surface area contributed by atoms with Gasteiger partial charge in [0.1, 0.15) is 5.75 Å². The fourth-order valence-corrected chi connectivity index (χ4v) is 2.58. The number of amides is 1. The number of rotatable bonds is 6. The highest BCUT2D eigenvalue weighted by Crippen LogP contribution is 2.25. The molecule has 0 aliphatic heterocycles. The summed E-state index contributed by atoms with van der Waals surface area (Å²) in [5.41, 5.74) is 0.885. The topological polar surface area (TPSA) is 77.2 Å². The van der Waals surface area contributed by atoms with Gasteiger partial charge in [0.25, 0.3) is 5.22 Å². The van der Waals surface area contributed by atoms with Crippen LogP contribution in [-0.4, -0.2) is 29.0 Å². The first kappa shape index (κ1) is 17.9. The summed E-state index contributed by atoms with van der Waals surface area (Å²) >= 11 is 1.03. The molecule has 0 atom stereocenters. The van der Waals surface area contributed by atoms with E-state index in [0.29, 0.717) is 11.6 Å². The smallest absolute Gasteiger partial charge is 0.277 e. The summed E-state index contributed by atoms with van der Waals surface area (Å²) in [6, 6.07) is 10.2. The maximum absolute atomic E-state index is 13.1. The van der Waals surface area contributed by atoms with E-state index in [4.69, 9.17) is 9.15 Å². The van der Waals surface area contributed by atoms with Crippen molar-refractivity contribution < 1.29 is 22.7 Å². The number of aromatic nitrogens is 2. The number of nitrogens with zero attached hydrogens (tertiary/aromatic N) is 2. The zero-order valence-electron chi connectivity index (χ0n) is 13.5. The van der Waals surface area contributed by atoms with Crippen molar-refractivity contribution in [1.29, 1.82) is 0 Å². The van der Waals surface area contributed by atoms with Gasteiger partial charge in [0.05, 0.1) is 12.9 Å². The van der Waals surface area contributed by atoms with Gasteiger partial charge in [-0.3, -0.25) is 4.79 Å². The summed E-state index contributed by atoms with van der Waals surface area (Å²) in [5, 5.41) is 10.5. The van der Waals surface area contributed by atoms with Crippen LogP contribution in [-0.2, 0) is 4.79 Å². The number of carbonyl (C=O) groups excluding carboxylic acids is 1. The molecule has 1 heterocycles. The molecule has 0 aliphatic rings. The van der Waals surface area contributed by atoms with E-state index in [0.717, 1.165) is 29.5 Å². The minimum Gasteiger partial charge on any atom is -0.497 e. The zero-order chi connectivity index (χ0) is 18.5. The van der Waals surface area contributed by atoms with Crippen LogP contribution in [0.4, 0.5) is 14.5 Å². The van der Waals surface area contributed by atoms with Gasteiger partial charge < -0.3 is 14.5 Å². The first-order chi connectivity index (χ1) is 12.5. The van der Waals surface area contributed by atoms with Gasteiger partial charge in [-0.05, 0) is 36.4 Å². The van der Waals surface area contributed by atoms with Crippen LogP contribution in [0.15, 0.2) is 52.1 Å². The lowest BCUT2D eigenvalue weighted by molar-refractivity contribution is -0.113. The van der Waals surface area contributed by atoms with Gasteiger partial charge >= 0.3 is 0 Å². The number of benzene rings is 2. The van der Waals surface area contributed by atoms with Crippen LogP contribution in [0.2, 0.25) is 0 Å². The molecule has 0 unspecified atom stereocenters. The first-order valence-electron chi connectivity index (χ1n) is 7.41. The Bertz CT molecular complexity index is 916. The Morgan fingerprint density at radius 3 is 2.62 bits per heavy atom. The molecule has 0 saturated heterocycles. The van der Waals surface area contributed by atoms with Crippen LogP contribution in [0.3, 0.4) is 0 Å². The zero-order valence-corrected chi connectivity index (χ0v) is 14.3. The molecule has 26 heavy (non-hydrogen) atoms. The van der Waals surface area contributed by atoms with E-state index < -0.39 is 17.5 Å². The van der Waals surface area contributed by atoms with Crippen molar-refractivity contribution in [1.82, 2.24) is 10.2 Å². The Hall–Kier alpha value is -2.94. The number of ether oxygens (including phenoxy) is 1. The van der Waals surface area contributed by atoms with Crippen molar-refractivity contribution in [2.45, 2.75) is 5.22 Å². The van der Waals surface area contributed by atoms with E-state index in [9.17, 15) is 13.6 Å². The monoisotopic (exact) mass is 377 g/mol. The highest BCUT2D eigenvalue weighted by molar-refractivity contribution is 7.99. The van der Waals surface area contributed by atoms with Crippen LogP contribution in [0.5, 0.6) is 5.75 Å². The Labute approximate surface area is 151 Å². The molecule has 1 amide bonds. The molecule has 1 N–H and O–H groups in total. The third-order valence-electron chi connectivity index (χ3n) is 3.27. The summed E-state index contributed by atoms with van der Waals surface area (Å²) in [7, 11) is 1.57. The summed E-state index contributed by atoms with van der Waals surface area (Å²) in [5.74, 6) is -1.42. The van der Waals surface area contributed by atoms with Crippen LogP contribution in [0.1, 0.15) is 0 Å². The van der Waals surface area contributed by atoms with Gasteiger partial charge in [0.15, 0.2) is 11.6 Å². The second-order valence-electron chi connectivity index (χ2n) is 5.07. The molecule has 0 aliphatic carbocycles. The molecular weight excluding hydrogens is 364 g/mol. The van der Waals surface area contributed by atoms with Crippen LogP contribution < -0.4 is 10.1 Å². The third kappa shape index (κ3) is 4.37. The molecule has 6 nitrogen and oxygen atoms in total. The summed E-state index contributed by atoms with van der Waals surface area (Å²) in [6.45, 7) is 0. The Morgan fingerprint density at radius 2 is 1.92 bits per heavy atom. The quantitative estimate of drug-likeness (QED) is 0.659. The lowest BCUT2D eigenvalue weighted by Gasteiger charge is -2.04. The summed E-state index contributed by atoms with van der Waals surface area (Å²) in [4.78, 5) is 11.9. The SMILES string of the molecule is COc1ccc(-c2nnc(SCC(=O)Nc3ccc(F)c(F)c3)o2)cc1. The summed E-state index contributed by atoms with van der Waals surface area (Å²) < 4.78 is 36.6. The van der Waals surface area contributed by atoms with E-state index in [1.54, 1.807) is 31.4 Å².